The number of para-hydroxylation sites is 1. The van der Waals surface area contributed by atoms with E-state index in [1.165, 1.54) is 17.6 Å². The number of ether oxygens (including phenoxy) is 1. The number of esters is 1. The van der Waals surface area contributed by atoms with E-state index in [9.17, 15) is 9.59 Å². The molecule has 1 heterocycles. The molecule has 8 heteroatoms. The van der Waals surface area contributed by atoms with Crippen LogP contribution < -0.4 is 10.2 Å². The molecule has 1 N–H and O–H groups in total. The fraction of sp³-hybridized carbons (Fsp3) is 0. The van der Waals surface area contributed by atoms with Gasteiger partial charge >= 0.3 is 5.97 Å². The fourth-order valence-corrected chi connectivity index (χ4v) is 4.44. The van der Waals surface area contributed by atoms with Gasteiger partial charge in [-0.25, -0.2) is 10.2 Å². The monoisotopic (exact) mass is 468 g/mol. The van der Waals surface area contributed by atoms with E-state index in [4.69, 9.17) is 27.9 Å². The number of nitrogens with one attached hydrogen (secondary N) is 1. The van der Waals surface area contributed by atoms with Crippen molar-refractivity contribution >= 4 is 62.7 Å². The van der Waals surface area contributed by atoms with Gasteiger partial charge in [-0.2, -0.15) is 5.10 Å². The van der Waals surface area contributed by atoms with Gasteiger partial charge in [0, 0.05) is 15.6 Å². The molecule has 0 atom stereocenters. The minimum atomic E-state index is -0.563. The topological polar surface area (TPSA) is 67.8 Å². The van der Waals surface area contributed by atoms with E-state index in [1.807, 2.05) is 24.3 Å². The van der Waals surface area contributed by atoms with Crippen molar-refractivity contribution < 1.29 is 14.3 Å². The second-order valence-corrected chi connectivity index (χ2v) is 8.19. The van der Waals surface area contributed by atoms with Crippen LogP contribution >= 0.6 is 34.5 Å². The number of thiophene rings is 1. The normalized spacial score (nSPS) is 11.0. The van der Waals surface area contributed by atoms with Crippen molar-refractivity contribution in [3.05, 3.63) is 98.8 Å². The highest BCUT2D eigenvalue weighted by molar-refractivity contribution is 7.21. The molecule has 31 heavy (non-hydrogen) atoms. The van der Waals surface area contributed by atoms with Crippen LogP contribution in [0.4, 0.5) is 0 Å². The molecule has 0 fully saturated rings. The number of amides is 1. The van der Waals surface area contributed by atoms with E-state index < -0.39 is 11.9 Å². The van der Waals surface area contributed by atoms with Gasteiger partial charge in [0.2, 0.25) is 0 Å². The molecule has 0 spiro atoms. The first-order valence-corrected chi connectivity index (χ1v) is 10.7. The summed E-state index contributed by atoms with van der Waals surface area (Å²) in [5, 5.41) is 5.45. The van der Waals surface area contributed by atoms with Crippen LogP contribution in [0.25, 0.3) is 10.1 Å². The van der Waals surface area contributed by atoms with Crippen LogP contribution in [0.1, 0.15) is 25.6 Å². The molecule has 1 amide bonds. The molecule has 0 saturated carbocycles. The van der Waals surface area contributed by atoms with Gasteiger partial charge in [-0.05, 0) is 30.3 Å². The van der Waals surface area contributed by atoms with Crippen molar-refractivity contribution in [3.63, 3.8) is 0 Å². The molecule has 0 bridgehead atoms. The molecule has 4 aromatic rings. The number of halogens is 2. The van der Waals surface area contributed by atoms with Crippen LogP contribution in [0.5, 0.6) is 5.75 Å². The average Bonchev–Trinajstić information content (AvgIpc) is 3.12. The number of hydrogen-bond acceptors (Lipinski definition) is 5. The fourth-order valence-electron chi connectivity index (χ4n) is 2.84. The smallest absolute Gasteiger partial charge is 0.355 e. The van der Waals surface area contributed by atoms with Gasteiger partial charge in [-0.1, -0.05) is 65.7 Å². The van der Waals surface area contributed by atoms with Gasteiger partial charge in [0.15, 0.2) is 0 Å². The standard InChI is InChI=1S/C23H14Cl2N2O3S/c24-17-10-4-2-8-15(17)22(28)27-26-13-14-7-1-5-11-18(14)30-23(29)21-20(25)16-9-3-6-12-19(16)31-21/h1-13H,(H,27,28)/b26-13-. The summed E-state index contributed by atoms with van der Waals surface area (Å²) in [6.07, 6.45) is 1.39. The number of nitrogens with zero attached hydrogens (tertiary/aromatic N) is 1. The first-order valence-electron chi connectivity index (χ1n) is 9.11. The molecular formula is C23H14Cl2N2O3S. The quantitative estimate of drug-likeness (QED) is 0.164. The molecule has 0 aliphatic heterocycles. The molecular weight excluding hydrogens is 455 g/mol. The minimum Gasteiger partial charge on any atom is -0.422 e. The summed E-state index contributed by atoms with van der Waals surface area (Å²) in [5.41, 5.74) is 3.23. The maximum absolute atomic E-state index is 12.7. The molecule has 0 unspecified atom stereocenters. The highest BCUT2D eigenvalue weighted by atomic mass is 35.5. The number of benzene rings is 3. The first-order chi connectivity index (χ1) is 15.0. The number of hydrogen-bond donors (Lipinski definition) is 1. The van der Waals surface area contributed by atoms with Crippen LogP contribution in [-0.2, 0) is 0 Å². The van der Waals surface area contributed by atoms with E-state index in [2.05, 4.69) is 10.5 Å². The summed E-state index contributed by atoms with van der Waals surface area (Å²) < 4.78 is 6.46. The third-order valence-electron chi connectivity index (χ3n) is 4.33. The molecule has 1 aromatic heterocycles. The molecule has 0 aliphatic carbocycles. The van der Waals surface area contributed by atoms with Crippen molar-refractivity contribution in [1.82, 2.24) is 5.43 Å². The van der Waals surface area contributed by atoms with E-state index in [0.29, 0.717) is 26.0 Å². The summed E-state index contributed by atoms with van der Waals surface area (Å²) in [7, 11) is 0. The summed E-state index contributed by atoms with van der Waals surface area (Å²) in [6, 6.07) is 21.0. The largest absolute Gasteiger partial charge is 0.422 e. The molecule has 0 saturated heterocycles. The Kier molecular flexibility index (Phi) is 6.32. The highest BCUT2D eigenvalue weighted by Gasteiger charge is 2.19. The molecule has 0 aliphatic rings. The zero-order valence-electron chi connectivity index (χ0n) is 15.8. The zero-order valence-corrected chi connectivity index (χ0v) is 18.2. The SMILES string of the molecule is O=C(N/N=C\c1ccccc1OC(=O)c1sc2ccccc2c1Cl)c1ccccc1Cl. The molecule has 154 valence electrons. The van der Waals surface area contributed by atoms with Gasteiger partial charge in [0.05, 0.1) is 21.8 Å². The lowest BCUT2D eigenvalue weighted by Crippen LogP contribution is -2.18. The lowest BCUT2D eigenvalue weighted by molar-refractivity contribution is 0.0739. The van der Waals surface area contributed by atoms with Gasteiger partial charge in [0.1, 0.15) is 10.6 Å². The third kappa shape index (κ3) is 4.61. The summed E-state index contributed by atoms with van der Waals surface area (Å²) in [5.74, 6) is -0.725. The number of hydrazone groups is 1. The Morgan fingerprint density at radius 3 is 2.45 bits per heavy atom. The predicted octanol–water partition coefficient (Wildman–Crippen LogP) is 6.19. The van der Waals surface area contributed by atoms with E-state index >= 15 is 0 Å². The van der Waals surface area contributed by atoms with Gasteiger partial charge in [-0.3, -0.25) is 4.79 Å². The Morgan fingerprint density at radius 1 is 0.935 bits per heavy atom. The lowest BCUT2D eigenvalue weighted by Gasteiger charge is -2.06. The lowest BCUT2D eigenvalue weighted by atomic mass is 10.2. The highest BCUT2D eigenvalue weighted by Crippen LogP contribution is 2.36. The third-order valence-corrected chi connectivity index (χ3v) is 6.32. The molecule has 0 radical (unpaired) electrons. The van der Waals surface area contributed by atoms with Gasteiger partial charge < -0.3 is 4.74 Å². The summed E-state index contributed by atoms with van der Waals surface area (Å²) in [6.45, 7) is 0. The van der Waals surface area contributed by atoms with Crippen molar-refractivity contribution in [3.8, 4) is 5.75 Å². The maximum atomic E-state index is 12.7. The number of fused-ring (bicyclic) bond motifs is 1. The average molecular weight is 469 g/mol. The predicted molar refractivity (Wildman–Crippen MR) is 125 cm³/mol. The summed E-state index contributed by atoms with van der Waals surface area (Å²) >= 11 is 13.7. The second kappa shape index (κ2) is 9.31. The van der Waals surface area contributed by atoms with Crippen LogP contribution in [-0.4, -0.2) is 18.1 Å². The van der Waals surface area contributed by atoms with Crippen molar-refractivity contribution in [2.75, 3.05) is 0 Å². The Labute approximate surface area is 191 Å². The van der Waals surface area contributed by atoms with Crippen molar-refractivity contribution in [1.29, 1.82) is 0 Å². The van der Waals surface area contributed by atoms with Crippen LogP contribution in [0.15, 0.2) is 77.9 Å². The molecule has 5 nitrogen and oxygen atoms in total. The van der Waals surface area contributed by atoms with Crippen LogP contribution in [0.3, 0.4) is 0 Å². The first kappa shape index (κ1) is 21.1. The maximum Gasteiger partial charge on any atom is 0.355 e. The summed E-state index contributed by atoms with van der Waals surface area (Å²) in [4.78, 5) is 25.3. The van der Waals surface area contributed by atoms with Crippen molar-refractivity contribution in [2.24, 2.45) is 5.10 Å². The van der Waals surface area contributed by atoms with Gasteiger partial charge in [0.25, 0.3) is 5.91 Å². The number of rotatable bonds is 5. The number of carbonyl (C=O) groups excluding carboxylic acids is 2. The van der Waals surface area contributed by atoms with Gasteiger partial charge in [-0.15, -0.1) is 11.3 Å². The Hall–Kier alpha value is -3.19. The molecule has 4 rings (SSSR count). The Morgan fingerprint density at radius 2 is 1.65 bits per heavy atom. The number of carbonyl (C=O) groups is 2. The van der Waals surface area contributed by atoms with Crippen LogP contribution in [0, 0.1) is 0 Å². The van der Waals surface area contributed by atoms with Crippen LogP contribution in [0.2, 0.25) is 10.0 Å². The van der Waals surface area contributed by atoms with E-state index in [-0.39, 0.29) is 5.75 Å². The van der Waals surface area contributed by atoms with E-state index in [1.54, 1.807) is 48.5 Å². The Bertz CT molecular complexity index is 1320. The zero-order chi connectivity index (χ0) is 21.8. The molecule has 3 aromatic carbocycles. The van der Waals surface area contributed by atoms with Crippen molar-refractivity contribution in [2.45, 2.75) is 0 Å². The van der Waals surface area contributed by atoms with E-state index in [0.717, 1.165) is 10.1 Å². The second-order valence-electron chi connectivity index (χ2n) is 6.35. The minimum absolute atomic E-state index is 0.289. The Balaban J connectivity index is 1.51.